The van der Waals surface area contributed by atoms with Crippen molar-refractivity contribution in [2.75, 3.05) is 62.3 Å². The van der Waals surface area contributed by atoms with E-state index in [2.05, 4.69) is 30.1 Å². The number of imidazole rings is 1. The van der Waals surface area contributed by atoms with Crippen molar-refractivity contribution in [2.24, 2.45) is 7.05 Å². The van der Waals surface area contributed by atoms with Gasteiger partial charge in [-0.3, -0.25) is 9.36 Å². The minimum atomic E-state index is -0.0922. The van der Waals surface area contributed by atoms with Gasteiger partial charge in [-0.15, -0.1) is 0 Å². The zero-order valence-corrected chi connectivity index (χ0v) is 13.2. The molecule has 2 aliphatic heterocycles. The van der Waals surface area contributed by atoms with E-state index in [9.17, 15) is 4.79 Å². The molecule has 2 saturated heterocycles. The molecule has 4 heterocycles. The van der Waals surface area contributed by atoms with E-state index in [-0.39, 0.29) is 5.56 Å². The molecule has 0 saturated carbocycles. The van der Waals surface area contributed by atoms with E-state index >= 15 is 0 Å². The van der Waals surface area contributed by atoms with Crippen LogP contribution < -0.4 is 20.7 Å². The highest BCUT2D eigenvalue weighted by atomic mass is 16.5. The van der Waals surface area contributed by atoms with Crippen molar-refractivity contribution in [1.29, 1.82) is 0 Å². The standard InChI is InChI=1S/C14H21N7O2/c1-19-12(22)10-11(18-14(19)21-6-8-23-9-7-21)17-13(16-10)20-4-2-15-3-5-20/h15H,2-9H2,1H3,(H,16,17). The number of morpholine rings is 1. The summed E-state index contributed by atoms with van der Waals surface area (Å²) in [7, 11) is 1.75. The lowest BCUT2D eigenvalue weighted by molar-refractivity contribution is 0.121. The second-order valence-electron chi connectivity index (χ2n) is 5.87. The molecule has 0 aromatic carbocycles. The Morgan fingerprint density at radius 2 is 1.78 bits per heavy atom. The zero-order valence-electron chi connectivity index (χ0n) is 13.2. The topological polar surface area (TPSA) is 91.3 Å². The van der Waals surface area contributed by atoms with E-state index in [1.807, 2.05) is 0 Å². The second kappa shape index (κ2) is 5.82. The number of aromatic nitrogens is 4. The average Bonchev–Trinajstić information content (AvgIpc) is 3.04. The molecular formula is C14H21N7O2. The molecule has 9 heteroatoms. The van der Waals surface area contributed by atoms with E-state index in [0.717, 1.165) is 45.2 Å². The Morgan fingerprint density at radius 1 is 1.04 bits per heavy atom. The molecule has 0 radical (unpaired) electrons. The number of H-pyrrole nitrogens is 1. The van der Waals surface area contributed by atoms with Crippen molar-refractivity contribution in [2.45, 2.75) is 0 Å². The van der Waals surface area contributed by atoms with Crippen LogP contribution in [-0.2, 0) is 11.8 Å². The summed E-state index contributed by atoms with van der Waals surface area (Å²) >= 11 is 0. The molecule has 2 aliphatic rings. The molecule has 9 nitrogen and oxygen atoms in total. The van der Waals surface area contributed by atoms with Crippen molar-refractivity contribution in [3.05, 3.63) is 10.4 Å². The van der Waals surface area contributed by atoms with Crippen molar-refractivity contribution in [3.63, 3.8) is 0 Å². The van der Waals surface area contributed by atoms with E-state index in [1.165, 1.54) is 0 Å². The van der Waals surface area contributed by atoms with Gasteiger partial charge in [0.1, 0.15) is 0 Å². The molecule has 0 atom stereocenters. The number of hydrogen-bond acceptors (Lipinski definition) is 7. The highest BCUT2D eigenvalue weighted by Gasteiger charge is 2.21. The van der Waals surface area contributed by atoms with Crippen molar-refractivity contribution < 1.29 is 4.74 Å². The lowest BCUT2D eigenvalue weighted by Gasteiger charge is -2.28. The number of ether oxygens (including phenoxy) is 1. The van der Waals surface area contributed by atoms with Crippen LogP contribution in [0, 0.1) is 0 Å². The molecule has 0 aliphatic carbocycles. The maximum absolute atomic E-state index is 12.7. The summed E-state index contributed by atoms with van der Waals surface area (Å²) < 4.78 is 6.96. The van der Waals surface area contributed by atoms with Gasteiger partial charge < -0.3 is 24.8 Å². The number of fused-ring (bicyclic) bond motifs is 1. The number of piperazine rings is 1. The van der Waals surface area contributed by atoms with Crippen LogP contribution in [0.25, 0.3) is 11.2 Å². The van der Waals surface area contributed by atoms with Crippen LogP contribution in [0.5, 0.6) is 0 Å². The fraction of sp³-hybridized carbons (Fsp3) is 0.643. The van der Waals surface area contributed by atoms with Crippen molar-refractivity contribution in [3.8, 4) is 0 Å². The van der Waals surface area contributed by atoms with Crippen LogP contribution in [0.3, 0.4) is 0 Å². The van der Waals surface area contributed by atoms with Crippen molar-refractivity contribution >= 4 is 23.1 Å². The lowest BCUT2D eigenvalue weighted by Crippen LogP contribution is -2.44. The first-order valence-electron chi connectivity index (χ1n) is 7.99. The van der Waals surface area contributed by atoms with Gasteiger partial charge in [0.2, 0.25) is 11.9 Å². The van der Waals surface area contributed by atoms with E-state index in [1.54, 1.807) is 11.6 Å². The van der Waals surface area contributed by atoms with Gasteiger partial charge in [-0.1, -0.05) is 0 Å². The quantitative estimate of drug-likeness (QED) is 0.726. The number of rotatable bonds is 2. The third-order valence-corrected chi connectivity index (χ3v) is 4.41. The second-order valence-corrected chi connectivity index (χ2v) is 5.87. The molecular weight excluding hydrogens is 298 g/mol. The minimum Gasteiger partial charge on any atom is -0.378 e. The SMILES string of the molecule is Cn1c(N2CCOCC2)nc2nc(N3CCNCC3)[nH]c2c1=O. The van der Waals surface area contributed by atoms with Gasteiger partial charge in [-0.2, -0.15) is 9.97 Å². The van der Waals surface area contributed by atoms with Gasteiger partial charge in [-0.25, -0.2) is 0 Å². The van der Waals surface area contributed by atoms with Crippen LogP contribution in [0.1, 0.15) is 0 Å². The molecule has 0 unspecified atom stereocenters. The van der Waals surface area contributed by atoms with Gasteiger partial charge in [-0.05, 0) is 0 Å². The van der Waals surface area contributed by atoms with Crippen molar-refractivity contribution in [1.82, 2.24) is 24.8 Å². The summed E-state index contributed by atoms with van der Waals surface area (Å²) in [4.78, 5) is 29.2. The number of nitrogens with zero attached hydrogens (tertiary/aromatic N) is 5. The summed E-state index contributed by atoms with van der Waals surface area (Å²) in [5.74, 6) is 1.38. The van der Waals surface area contributed by atoms with E-state index < -0.39 is 0 Å². The largest absolute Gasteiger partial charge is 0.378 e. The third kappa shape index (κ3) is 2.55. The lowest BCUT2D eigenvalue weighted by atomic mass is 10.4. The maximum atomic E-state index is 12.7. The molecule has 2 N–H and O–H groups in total. The van der Waals surface area contributed by atoms with Gasteiger partial charge in [0.15, 0.2) is 11.2 Å². The van der Waals surface area contributed by atoms with Gasteiger partial charge >= 0.3 is 0 Å². The molecule has 0 bridgehead atoms. The highest BCUT2D eigenvalue weighted by molar-refractivity contribution is 5.74. The van der Waals surface area contributed by atoms with Crippen LogP contribution in [0.4, 0.5) is 11.9 Å². The van der Waals surface area contributed by atoms with Gasteiger partial charge in [0.25, 0.3) is 5.56 Å². The summed E-state index contributed by atoms with van der Waals surface area (Å²) in [6.07, 6.45) is 0. The molecule has 4 rings (SSSR count). The Labute approximate surface area is 133 Å². The zero-order chi connectivity index (χ0) is 15.8. The van der Waals surface area contributed by atoms with Gasteiger partial charge in [0, 0.05) is 46.3 Å². The first kappa shape index (κ1) is 14.5. The summed E-state index contributed by atoms with van der Waals surface area (Å²) in [6.45, 7) is 6.36. The molecule has 2 aromatic rings. The molecule has 0 amide bonds. The number of anilines is 2. The Kier molecular flexibility index (Phi) is 3.66. The molecule has 23 heavy (non-hydrogen) atoms. The predicted octanol–water partition coefficient (Wildman–Crippen LogP) is -1.10. The minimum absolute atomic E-state index is 0.0922. The normalized spacial score (nSPS) is 19.5. The molecule has 2 fully saturated rings. The van der Waals surface area contributed by atoms with E-state index in [0.29, 0.717) is 30.3 Å². The van der Waals surface area contributed by atoms with Gasteiger partial charge in [0.05, 0.1) is 13.2 Å². The number of aromatic amines is 1. The third-order valence-electron chi connectivity index (χ3n) is 4.41. The average molecular weight is 319 g/mol. The Morgan fingerprint density at radius 3 is 2.52 bits per heavy atom. The first-order valence-corrected chi connectivity index (χ1v) is 7.99. The summed E-state index contributed by atoms with van der Waals surface area (Å²) in [6, 6.07) is 0. The molecule has 2 aromatic heterocycles. The Balaban J connectivity index is 1.75. The predicted molar refractivity (Wildman–Crippen MR) is 87.2 cm³/mol. The fourth-order valence-corrected chi connectivity index (χ4v) is 3.08. The van der Waals surface area contributed by atoms with Crippen LogP contribution in [0.15, 0.2) is 4.79 Å². The van der Waals surface area contributed by atoms with Crippen LogP contribution in [-0.4, -0.2) is 72.0 Å². The Hall–Kier alpha value is -2.13. The van der Waals surface area contributed by atoms with Crippen LogP contribution >= 0.6 is 0 Å². The summed E-state index contributed by atoms with van der Waals surface area (Å²) in [5.41, 5.74) is 0.867. The maximum Gasteiger partial charge on any atom is 0.280 e. The van der Waals surface area contributed by atoms with E-state index in [4.69, 9.17) is 4.74 Å². The monoisotopic (exact) mass is 319 g/mol. The number of nitrogens with one attached hydrogen (secondary N) is 2. The molecule has 0 spiro atoms. The first-order chi connectivity index (χ1) is 11.2. The smallest absolute Gasteiger partial charge is 0.280 e. The van der Waals surface area contributed by atoms with Crippen LogP contribution in [0.2, 0.25) is 0 Å². The molecule has 124 valence electrons. The Bertz CT molecular complexity index is 756. The fourth-order valence-electron chi connectivity index (χ4n) is 3.08. The summed E-state index contributed by atoms with van der Waals surface area (Å²) in [5, 5.41) is 3.31. The highest BCUT2D eigenvalue weighted by Crippen LogP contribution is 2.17. The number of hydrogen-bond donors (Lipinski definition) is 2.